The quantitative estimate of drug-likeness (QED) is 0.901. The molecule has 0 unspecified atom stereocenters. The number of carbonyl (C=O) groups excluding carboxylic acids is 1. The summed E-state index contributed by atoms with van der Waals surface area (Å²) in [4.78, 5) is 14.2. The Bertz CT molecular complexity index is 405. The van der Waals surface area contributed by atoms with Crippen molar-refractivity contribution in [2.75, 3.05) is 25.0 Å². The van der Waals surface area contributed by atoms with E-state index in [0.717, 1.165) is 18.8 Å². The van der Waals surface area contributed by atoms with Gasteiger partial charge in [-0.25, -0.2) is 0 Å². The molecule has 19 heavy (non-hydrogen) atoms. The van der Waals surface area contributed by atoms with Crippen LogP contribution in [0.1, 0.15) is 44.6 Å². The van der Waals surface area contributed by atoms with Gasteiger partial charge in [-0.3, -0.25) is 9.69 Å². The number of hydrogen-bond donors (Lipinski definition) is 1. The molecule has 1 N–H and O–H groups in total. The summed E-state index contributed by atoms with van der Waals surface area (Å²) in [7, 11) is 0. The molecule has 1 aromatic rings. The van der Waals surface area contributed by atoms with E-state index in [1.54, 1.807) is 0 Å². The monoisotopic (exact) mass is 260 g/mol. The average Bonchev–Trinajstić information content (AvgIpc) is 2.40. The molecule has 1 fully saturated rings. The van der Waals surface area contributed by atoms with Crippen molar-refractivity contribution < 1.29 is 4.79 Å². The first-order valence-electron chi connectivity index (χ1n) is 7.27. The first kappa shape index (κ1) is 14.1. The summed E-state index contributed by atoms with van der Waals surface area (Å²) in [6.45, 7) is 6.97. The van der Waals surface area contributed by atoms with Crippen molar-refractivity contribution in [1.82, 2.24) is 4.90 Å². The van der Waals surface area contributed by atoms with E-state index < -0.39 is 0 Å². The van der Waals surface area contributed by atoms with Gasteiger partial charge in [0.15, 0.2) is 0 Å². The van der Waals surface area contributed by atoms with E-state index in [9.17, 15) is 4.79 Å². The Kier molecular flexibility index (Phi) is 4.97. The zero-order valence-corrected chi connectivity index (χ0v) is 12.0. The highest BCUT2D eigenvalue weighted by molar-refractivity contribution is 5.92. The Hall–Kier alpha value is -1.35. The number of anilines is 1. The third-order valence-electron chi connectivity index (χ3n) is 3.68. The van der Waals surface area contributed by atoms with Gasteiger partial charge in [0.25, 0.3) is 0 Å². The van der Waals surface area contributed by atoms with Crippen molar-refractivity contribution in [3.8, 4) is 0 Å². The molecule has 3 heteroatoms. The van der Waals surface area contributed by atoms with Crippen LogP contribution in [0.15, 0.2) is 24.3 Å². The maximum Gasteiger partial charge on any atom is 0.238 e. The second kappa shape index (κ2) is 6.71. The second-order valence-electron chi connectivity index (χ2n) is 5.66. The normalized spacial score (nSPS) is 16.6. The molecule has 1 amide bonds. The highest BCUT2D eigenvalue weighted by Gasteiger charge is 2.13. The van der Waals surface area contributed by atoms with E-state index in [4.69, 9.17) is 0 Å². The Balaban J connectivity index is 1.84. The smallest absolute Gasteiger partial charge is 0.238 e. The van der Waals surface area contributed by atoms with Crippen LogP contribution in [0.3, 0.4) is 0 Å². The van der Waals surface area contributed by atoms with Gasteiger partial charge in [0.2, 0.25) is 5.91 Å². The van der Waals surface area contributed by atoms with E-state index in [0.29, 0.717) is 12.5 Å². The minimum absolute atomic E-state index is 0.0965. The lowest BCUT2D eigenvalue weighted by Crippen LogP contribution is -2.36. The van der Waals surface area contributed by atoms with Crippen molar-refractivity contribution in [1.29, 1.82) is 0 Å². The van der Waals surface area contributed by atoms with Crippen molar-refractivity contribution >= 4 is 11.6 Å². The SMILES string of the molecule is CC(C)c1ccc(NC(=O)CN2CCCCC2)cc1. The first-order valence-corrected chi connectivity index (χ1v) is 7.27. The molecule has 104 valence electrons. The van der Waals surface area contributed by atoms with Crippen LogP contribution in [0.4, 0.5) is 5.69 Å². The lowest BCUT2D eigenvalue weighted by Gasteiger charge is -2.25. The predicted octanol–water partition coefficient (Wildman–Crippen LogP) is 3.23. The lowest BCUT2D eigenvalue weighted by molar-refractivity contribution is -0.117. The first-order chi connectivity index (χ1) is 9.15. The molecule has 0 atom stereocenters. The van der Waals surface area contributed by atoms with E-state index in [1.165, 1.54) is 24.8 Å². The van der Waals surface area contributed by atoms with Gasteiger partial charge >= 0.3 is 0 Å². The standard InChI is InChI=1S/C16H24N2O/c1-13(2)14-6-8-15(9-7-14)17-16(19)12-18-10-4-3-5-11-18/h6-9,13H,3-5,10-12H2,1-2H3,(H,17,19). The number of hydrogen-bond acceptors (Lipinski definition) is 2. The molecule has 1 saturated heterocycles. The molecule has 0 aliphatic carbocycles. The summed E-state index contributed by atoms with van der Waals surface area (Å²) in [5, 5.41) is 2.97. The third-order valence-corrected chi connectivity index (χ3v) is 3.68. The summed E-state index contributed by atoms with van der Waals surface area (Å²) in [5.41, 5.74) is 2.19. The van der Waals surface area contributed by atoms with Gasteiger partial charge in [0.1, 0.15) is 0 Å². The van der Waals surface area contributed by atoms with Crippen LogP contribution in [0, 0.1) is 0 Å². The minimum atomic E-state index is 0.0965. The number of amides is 1. The van der Waals surface area contributed by atoms with E-state index >= 15 is 0 Å². The topological polar surface area (TPSA) is 32.3 Å². The number of nitrogens with zero attached hydrogens (tertiary/aromatic N) is 1. The molecule has 1 heterocycles. The summed E-state index contributed by atoms with van der Waals surface area (Å²) >= 11 is 0. The highest BCUT2D eigenvalue weighted by Crippen LogP contribution is 2.17. The number of likely N-dealkylation sites (tertiary alicyclic amines) is 1. The molecule has 1 aromatic carbocycles. The largest absolute Gasteiger partial charge is 0.325 e. The summed E-state index contributed by atoms with van der Waals surface area (Å²) in [6.07, 6.45) is 3.74. The Morgan fingerprint density at radius 2 is 1.79 bits per heavy atom. The molecule has 1 aliphatic rings. The second-order valence-corrected chi connectivity index (χ2v) is 5.66. The van der Waals surface area contributed by atoms with E-state index in [-0.39, 0.29) is 5.91 Å². The molecule has 2 rings (SSSR count). The summed E-state index contributed by atoms with van der Waals surface area (Å²) < 4.78 is 0. The van der Waals surface area contributed by atoms with Gasteiger partial charge in [0, 0.05) is 5.69 Å². The van der Waals surface area contributed by atoms with E-state index in [2.05, 4.69) is 36.2 Å². The number of carbonyl (C=O) groups is 1. The maximum atomic E-state index is 11.9. The van der Waals surface area contributed by atoms with Gasteiger partial charge in [-0.2, -0.15) is 0 Å². The van der Waals surface area contributed by atoms with Gasteiger partial charge in [0.05, 0.1) is 6.54 Å². The fourth-order valence-corrected chi connectivity index (χ4v) is 2.47. The Morgan fingerprint density at radius 1 is 1.16 bits per heavy atom. The van der Waals surface area contributed by atoms with Crippen molar-refractivity contribution in [3.63, 3.8) is 0 Å². The molecule has 1 aliphatic heterocycles. The zero-order chi connectivity index (χ0) is 13.7. The number of rotatable bonds is 4. The van der Waals surface area contributed by atoms with Crippen molar-refractivity contribution in [2.45, 2.75) is 39.0 Å². The molecular formula is C16H24N2O. The third kappa shape index (κ3) is 4.35. The number of nitrogens with one attached hydrogen (secondary N) is 1. The van der Waals surface area contributed by atoms with Crippen molar-refractivity contribution in [2.24, 2.45) is 0 Å². The van der Waals surface area contributed by atoms with Crippen LogP contribution >= 0.6 is 0 Å². The van der Waals surface area contributed by atoms with Gasteiger partial charge < -0.3 is 5.32 Å². The minimum Gasteiger partial charge on any atom is -0.325 e. The number of piperidine rings is 1. The van der Waals surface area contributed by atoms with Crippen LogP contribution in [-0.2, 0) is 4.79 Å². The molecule has 0 bridgehead atoms. The van der Waals surface area contributed by atoms with Crippen LogP contribution in [0.2, 0.25) is 0 Å². The molecule has 3 nitrogen and oxygen atoms in total. The summed E-state index contributed by atoms with van der Waals surface area (Å²) in [5.74, 6) is 0.622. The average molecular weight is 260 g/mol. The van der Waals surface area contributed by atoms with Gasteiger partial charge in [-0.15, -0.1) is 0 Å². The molecule has 0 aromatic heterocycles. The fraction of sp³-hybridized carbons (Fsp3) is 0.562. The van der Waals surface area contributed by atoms with E-state index in [1.807, 2.05) is 12.1 Å². The van der Waals surface area contributed by atoms with Gasteiger partial charge in [-0.1, -0.05) is 32.4 Å². The maximum absolute atomic E-state index is 11.9. The molecule has 0 radical (unpaired) electrons. The zero-order valence-electron chi connectivity index (χ0n) is 12.0. The lowest BCUT2D eigenvalue weighted by atomic mass is 10.0. The van der Waals surface area contributed by atoms with Crippen LogP contribution in [0.5, 0.6) is 0 Å². The fourth-order valence-electron chi connectivity index (χ4n) is 2.47. The summed E-state index contributed by atoms with van der Waals surface area (Å²) in [6, 6.07) is 8.15. The van der Waals surface area contributed by atoms with Gasteiger partial charge in [-0.05, 0) is 49.5 Å². The highest BCUT2D eigenvalue weighted by atomic mass is 16.2. The molecule has 0 saturated carbocycles. The van der Waals surface area contributed by atoms with Crippen LogP contribution in [-0.4, -0.2) is 30.4 Å². The molecule has 0 spiro atoms. The Labute approximate surface area is 116 Å². The predicted molar refractivity (Wildman–Crippen MR) is 79.5 cm³/mol. The van der Waals surface area contributed by atoms with Crippen molar-refractivity contribution in [3.05, 3.63) is 29.8 Å². The number of benzene rings is 1. The van der Waals surface area contributed by atoms with Crippen LogP contribution < -0.4 is 5.32 Å². The van der Waals surface area contributed by atoms with Crippen LogP contribution in [0.25, 0.3) is 0 Å². The Morgan fingerprint density at radius 3 is 2.37 bits per heavy atom. The molecular weight excluding hydrogens is 236 g/mol.